The quantitative estimate of drug-likeness (QED) is 0.503. The van der Waals surface area contributed by atoms with Gasteiger partial charge in [0.15, 0.2) is 17.8 Å². The molecule has 0 fully saturated rings. The lowest BCUT2D eigenvalue weighted by molar-refractivity contribution is -0.120. The van der Waals surface area contributed by atoms with Crippen LogP contribution in [0.1, 0.15) is 39.2 Å². The predicted octanol–water partition coefficient (Wildman–Crippen LogP) is 5.66. The van der Waals surface area contributed by atoms with Crippen molar-refractivity contribution in [1.82, 2.24) is 15.6 Å². The van der Waals surface area contributed by atoms with Gasteiger partial charge in [-0.2, -0.15) is 10.2 Å². The first-order chi connectivity index (χ1) is 17.2. The normalized spacial score (nSPS) is 24.2. The van der Waals surface area contributed by atoms with E-state index in [0.717, 1.165) is 34.0 Å². The number of pyridine rings is 1. The van der Waals surface area contributed by atoms with Crippen molar-refractivity contribution in [2.75, 3.05) is 0 Å². The number of nitrogens with one attached hydrogen (secondary N) is 2. The molecule has 3 aliphatic heterocycles. The van der Waals surface area contributed by atoms with E-state index in [9.17, 15) is 13.6 Å². The summed E-state index contributed by atoms with van der Waals surface area (Å²) >= 11 is 0. The minimum absolute atomic E-state index is 0.112. The zero-order chi connectivity index (χ0) is 25.2. The van der Waals surface area contributed by atoms with Gasteiger partial charge in [-0.15, -0.1) is 0 Å². The highest BCUT2D eigenvalue weighted by Gasteiger charge is 2.53. The zero-order valence-corrected chi connectivity index (χ0v) is 20.2. The molecule has 0 bridgehead atoms. The molecule has 3 aliphatic rings. The molecule has 0 radical (unpaired) electrons. The van der Waals surface area contributed by atoms with E-state index in [4.69, 9.17) is 0 Å². The van der Waals surface area contributed by atoms with Gasteiger partial charge in [0.1, 0.15) is 0 Å². The number of nitrogens with zero attached hydrogens (tertiary/aromatic N) is 3. The fourth-order valence-electron chi connectivity index (χ4n) is 5.95. The Kier molecular flexibility index (Phi) is 4.87. The predicted molar refractivity (Wildman–Crippen MR) is 133 cm³/mol. The molecule has 2 atom stereocenters. The molecular weight excluding hydrogens is 460 g/mol. The summed E-state index contributed by atoms with van der Waals surface area (Å²) < 4.78 is 28.1. The number of aromatic nitrogens is 1. The Labute approximate surface area is 207 Å². The topological polar surface area (TPSA) is 78.7 Å². The summed E-state index contributed by atoms with van der Waals surface area (Å²) in [7, 11) is 0. The van der Waals surface area contributed by atoms with Crippen molar-refractivity contribution in [3.63, 3.8) is 0 Å². The van der Waals surface area contributed by atoms with E-state index < -0.39 is 22.6 Å². The first-order valence-corrected chi connectivity index (χ1v) is 12.0. The molecule has 6 nitrogen and oxygen atoms in total. The number of halogens is 2. The van der Waals surface area contributed by atoms with Gasteiger partial charge in [-0.3, -0.25) is 9.78 Å². The van der Waals surface area contributed by atoms with Gasteiger partial charge in [0, 0.05) is 40.9 Å². The lowest BCUT2D eigenvalue weighted by Crippen LogP contribution is -2.58. The molecule has 36 heavy (non-hydrogen) atoms. The Bertz CT molecular complexity index is 1540. The maximum absolute atomic E-state index is 14.2. The van der Waals surface area contributed by atoms with Gasteiger partial charge in [0.05, 0.1) is 22.7 Å². The van der Waals surface area contributed by atoms with Crippen LogP contribution in [0.15, 0.2) is 81.9 Å². The van der Waals surface area contributed by atoms with Crippen LogP contribution in [0.2, 0.25) is 0 Å². The number of carbonyl (C=O) groups excluding carboxylic acids is 1. The molecule has 4 heterocycles. The first kappa shape index (κ1) is 22.5. The molecule has 1 aromatic heterocycles. The fourth-order valence-corrected chi connectivity index (χ4v) is 5.95. The van der Waals surface area contributed by atoms with Crippen LogP contribution in [-0.2, 0) is 10.2 Å². The minimum atomic E-state index is -0.932. The average Bonchev–Trinajstić information content (AvgIpc) is 3.31. The summed E-state index contributed by atoms with van der Waals surface area (Å²) in [6, 6.07) is 12.0. The summed E-state index contributed by atoms with van der Waals surface area (Å²) in [4.78, 5) is 17.8. The molecule has 3 aromatic rings. The van der Waals surface area contributed by atoms with Crippen LogP contribution in [-0.4, -0.2) is 22.6 Å². The molecule has 0 aliphatic carbocycles. The van der Waals surface area contributed by atoms with Crippen molar-refractivity contribution < 1.29 is 13.6 Å². The van der Waals surface area contributed by atoms with Crippen molar-refractivity contribution in [1.29, 1.82) is 0 Å². The number of carbonyl (C=O) groups is 1. The van der Waals surface area contributed by atoms with E-state index in [-0.39, 0.29) is 12.1 Å². The number of hydrogen-bond donors (Lipinski definition) is 2. The minimum Gasteiger partial charge on any atom is -0.362 e. The van der Waals surface area contributed by atoms with Crippen LogP contribution in [0.4, 0.5) is 8.78 Å². The van der Waals surface area contributed by atoms with E-state index in [0.29, 0.717) is 29.3 Å². The number of fused-ring (bicyclic) bond motifs is 2. The summed E-state index contributed by atoms with van der Waals surface area (Å²) in [5.74, 6) is -1.97. The summed E-state index contributed by atoms with van der Waals surface area (Å²) in [5.41, 5.74) is 4.19. The molecule has 0 saturated heterocycles. The highest BCUT2D eigenvalue weighted by Crippen LogP contribution is 2.51. The Balaban J connectivity index is 1.58. The largest absolute Gasteiger partial charge is 0.362 e. The van der Waals surface area contributed by atoms with Gasteiger partial charge in [-0.1, -0.05) is 25.1 Å². The van der Waals surface area contributed by atoms with Crippen LogP contribution in [0.5, 0.6) is 0 Å². The Hall–Kier alpha value is -3.94. The second-order valence-corrected chi connectivity index (χ2v) is 10.2. The monoisotopic (exact) mass is 485 g/mol. The van der Waals surface area contributed by atoms with Crippen molar-refractivity contribution in [3.8, 4) is 11.1 Å². The molecule has 0 spiro atoms. The highest BCUT2D eigenvalue weighted by molar-refractivity contribution is 6.00. The molecule has 0 saturated carbocycles. The third-order valence-electron chi connectivity index (χ3n) is 7.48. The number of benzene rings is 2. The van der Waals surface area contributed by atoms with Crippen LogP contribution < -0.4 is 10.6 Å². The molecule has 1 unspecified atom stereocenters. The Morgan fingerprint density at radius 2 is 1.92 bits per heavy atom. The Morgan fingerprint density at radius 1 is 1.11 bits per heavy atom. The van der Waals surface area contributed by atoms with E-state index in [1.807, 2.05) is 38.1 Å². The lowest BCUT2D eigenvalue weighted by Gasteiger charge is -2.48. The molecule has 2 N–H and O–H groups in total. The van der Waals surface area contributed by atoms with Gasteiger partial charge in [-0.25, -0.2) is 8.78 Å². The van der Waals surface area contributed by atoms with Crippen LogP contribution >= 0.6 is 0 Å². The second kappa shape index (κ2) is 7.78. The number of azo groups is 1. The van der Waals surface area contributed by atoms with E-state index in [1.54, 1.807) is 18.5 Å². The van der Waals surface area contributed by atoms with Crippen LogP contribution in [0.25, 0.3) is 22.0 Å². The van der Waals surface area contributed by atoms with Crippen LogP contribution in [0.3, 0.4) is 0 Å². The zero-order valence-electron chi connectivity index (χ0n) is 20.2. The summed E-state index contributed by atoms with van der Waals surface area (Å²) in [6.07, 6.45) is 4.27. The van der Waals surface area contributed by atoms with Crippen molar-refractivity contribution >= 4 is 16.8 Å². The molecule has 1 amide bonds. The van der Waals surface area contributed by atoms with Crippen molar-refractivity contribution in [2.24, 2.45) is 10.2 Å². The van der Waals surface area contributed by atoms with Gasteiger partial charge < -0.3 is 10.6 Å². The first-order valence-electron chi connectivity index (χ1n) is 12.0. The number of amides is 1. The fraction of sp³-hybridized carbons (Fsp3) is 0.286. The van der Waals surface area contributed by atoms with Crippen molar-refractivity contribution in [3.05, 3.63) is 88.9 Å². The van der Waals surface area contributed by atoms with Gasteiger partial charge in [-0.05, 0) is 55.2 Å². The van der Waals surface area contributed by atoms with Gasteiger partial charge >= 0.3 is 0 Å². The van der Waals surface area contributed by atoms with Crippen LogP contribution in [0, 0.1) is 11.6 Å². The standard InChI is InChI=1S/C28H25F2N5O/c1-4-28(19-14-32-35-25(19)33-23-13-27(2,3)34-26(36)24(23)28)16-7-5-6-15(10-16)17-8-9-31-22-12-21(30)20(29)11-18(17)22/h5-12,14,25,33H,4,13H2,1-3H3,(H,34,36)/t25?,28-/m0/s1. The highest BCUT2D eigenvalue weighted by atomic mass is 19.2. The van der Waals surface area contributed by atoms with E-state index in [1.165, 1.54) is 6.07 Å². The third kappa shape index (κ3) is 3.20. The number of hydrogen-bond acceptors (Lipinski definition) is 5. The molecule has 2 aromatic carbocycles. The molecule has 6 rings (SSSR count). The average molecular weight is 486 g/mol. The molecule has 182 valence electrons. The van der Waals surface area contributed by atoms with Crippen molar-refractivity contribution in [2.45, 2.75) is 50.7 Å². The molecule has 8 heteroatoms. The number of rotatable bonds is 3. The second-order valence-electron chi connectivity index (χ2n) is 10.2. The van der Waals surface area contributed by atoms with Gasteiger partial charge in [0.2, 0.25) is 0 Å². The Morgan fingerprint density at radius 3 is 2.72 bits per heavy atom. The summed E-state index contributed by atoms with van der Waals surface area (Å²) in [6.45, 7) is 6.07. The van der Waals surface area contributed by atoms with E-state index >= 15 is 0 Å². The molecular formula is C28H25F2N5O. The smallest absolute Gasteiger partial charge is 0.250 e. The van der Waals surface area contributed by atoms with E-state index in [2.05, 4.69) is 32.8 Å². The maximum Gasteiger partial charge on any atom is 0.250 e. The third-order valence-corrected chi connectivity index (χ3v) is 7.48. The lowest BCUT2D eigenvalue weighted by atomic mass is 9.62. The summed E-state index contributed by atoms with van der Waals surface area (Å²) in [5, 5.41) is 15.7. The van der Waals surface area contributed by atoms with Gasteiger partial charge in [0.25, 0.3) is 5.91 Å². The maximum atomic E-state index is 14.2. The SMILES string of the molecule is CC[C@]1(c2cccc(-c3ccnc4cc(F)c(F)cc34)c2)C2=CN=NC2NC2=C1C(=O)NC(C)(C)C2.